The molecule has 0 aromatic heterocycles. The fourth-order valence-corrected chi connectivity index (χ4v) is 3.05. The van der Waals surface area contributed by atoms with Crippen molar-refractivity contribution >= 4 is 0 Å². The van der Waals surface area contributed by atoms with Gasteiger partial charge in [-0.25, -0.2) is 0 Å². The SMILES string of the molecule is CC(NC1CC(c2ccccc2)C1)c1ccc(C#N)cc1. The maximum absolute atomic E-state index is 8.83. The minimum atomic E-state index is 0.333. The number of nitrogens with zero attached hydrogens (tertiary/aromatic N) is 1. The highest BCUT2D eigenvalue weighted by Crippen LogP contribution is 2.37. The van der Waals surface area contributed by atoms with Crippen LogP contribution in [0.5, 0.6) is 0 Å². The lowest BCUT2D eigenvalue weighted by Gasteiger charge is -2.38. The van der Waals surface area contributed by atoms with E-state index in [1.54, 1.807) is 0 Å². The number of hydrogen-bond acceptors (Lipinski definition) is 2. The van der Waals surface area contributed by atoms with Gasteiger partial charge in [-0.3, -0.25) is 0 Å². The van der Waals surface area contributed by atoms with Gasteiger partial charge in [-0.2, -0.15) is 5.26 Å². The van der Waals surface area contributed by atoms with Crippen molar-refractivity contribution < 1.29 is 0 Å². The van der Waals surface area contributed by atoms with Crippen molar-refractivity contribution in [1.29, 1.82) is 5.26 Å². The first kappa shape index (κ1) is 13.9. The lowest BCUT2D eigenvalue weighted by molar-refractivity contribution is 0.271. The molecule has 1 unspecified atom stereocenters. The summed E-state index contributed by atoms with van der Waals surface area (Å²) in [7, 11) is 0. The molecule has 2 aromatic carbocycles. The molecule has 1 N–H and O–H groups in total. The van der Waals surface area contributed by atoms with Crippen molar-refractivity contribution in [3.63, 3.8) is 0 Å². The molecule has 1 fully saturated rings. The number of nitrogens with one attached hydrogen (secondary N) is 1. The van der Waals surface area contributed by atoms with Crippen LogP contribution < -0.4 is 5.32 Å². The quantitative estimate of drug-likeness (QED) is 0.910. The van der Waals surface area contributed by atoms with Crippen LogP contribution in [0.1, 0.15) is 48.4 Å². The van der Waals surface area contributed by atoms with Crippen LogP contribution in [0.25, 0.3) is 0 Å². The van der Waals surface area contributed by atoms with Gasteiger partial charge >= 0.3 is 0 Å². The van der Waals surface area contributed by atoms with Crippen LogP contribution in [0.4, 0.5) is 0 Å². The molecule has 21 heavy (non-hydrogen) atoms. The second-order valence-electron chi connectivity index (χ2n) is 5.90. The van der Waals surface area contributed by atoms with Gasteiger partial charge in [-0.05, 0) is 48.9 Å². The van der Waals surface area contributed by atoms with Crippen LogP contribution in [-0.2, 0) is 0 Å². The molecule has 0 spiro atoms. The van der Waals surface area contributed by atoms with E-state index >= 15 is 0 Å². The zero-order valence-electron chi connectivity index (χ0n) is 12.3. The molecule has 3 rings (SSSR count). The Kier molecular flexibility index (Phi) is 4.03. The summed E-state index contributed by atoms with van der Waals surface area (Å²) in [5, 5.41) is 12.5. The molecule has 0 radical (unpaired) electrons. The molecule has 0 aliphatic heterocycles. The van der Waals surface area contributed by atoms with Crippen molar-refractivity contribution in [2.75, 3.05) is 0 Å². The molecule has 1 saturated carbocycles. The number of rotatable bonds is 4. The molecule has 1 aliphatic rings. The second-order valence-corrected chi connectivity index (χ2v) is 5.90. The molecule has 1 aliphatic carbocycles. The Labute approximate surface area is 126 Å². The van der Waals surface area contributed by atoms with E-state index in [0.717, 1.165) is 5.56 Å². The molecule has 0 bridgehead atoms. The number of hydrogen-bond donors (Lipinski definition) is 1. The van der Waals surface area contributed by atoms with Crippen molar-refractivity contribution in [2.45, 2.75) is 37.8 Å². The minimum Gasteiger partial charge on any atom is -0.307 e. The summed E-state index contributed by atoms with van der Waals surface area (Å²) < 4.78 is 0. The molecule has 0 amide bonds. The Morgan fingerprint density at radius 2 is 1.71 bits per heavy atom. The van der Waals surface area contributed by atoms with Gasteiger partial charge in [0.25, 0.3) is 0 Å². The van der Waals surface area contributed by atoms with Gasteiger partial charge in [-0.15, -0.1) is 0 Å². The van der Waals surface area contributed by atoms with Gasteiger partial charge in [0.15, 0.2) is 0 Å². The van der Waals surface area contributed by atoms with E-state index in [1.165, 1.54) is 24.0 Å². The van der Waals surface area contributed by atoms with Crippen LogP contribution in [0.15, 0.2) is 54.6 Å². The first-order chi connectivity index (χ1) is 10.3. The Morgan fingerprint density at radius 1 is 1.05 bits per heavy atom. The Morgan fingerprint density at radius 3 is 2.33 bits per heavy atom. The predicted octanol–water partition coefficient (Wildman–Crippen LogP) is 4.16. The topological polar surface area (TPSA) is 35.8 Å². The molecule has 0 heterocycles. The van der Waals surface area contributed by atoms with Crippen LogP contribution in [0.2, 0.25) is 0 Å². The first-order valence-electron chi connectivity index (χ1n) is 7.57. The maximum atomic E-state index is 8.83. The van der Waals surface area contributed by atoms with Gasteiger partial charge < -0.3 is 5.32 Å². The summed E-state index contributed by atoms with van der Waals surface area (Å²) in [6.07, 6.45) is 2.43. The summed E-state index contributed by atoms with van der Waals surface area (Å²) in [5.41, 5.74) is 3.43. The van der Waals surface area contributed by atoms with E-state index in [-0.39, 0.29) is 0 Å². The zero-order valence-corrected chi connectivity index (χ0v) is 12.3. The van der Waals surface area contributed by atoms with E-state index in [0.29, 0.717) is 18.0 Å². The Balaban J connectivity index is 1.53. The molecule has 2 heteroatoms. The lowest BCUT2D eigenvalue weighted by Crippen LogP contribution is -2.41. The van der Waals surface area contributed by atoms with Crippen LogP contribution in [0.3, 0.4) is 0 Å². The zero-order chi connectivity index (χ0) is 14.7. The summed E-state index contributed by atoms with van der Waals surface area (Å²) >= 11 is 0. The molecule has 0 saturated heterocycles. The Bertz CT molecular complexity index is 619. The smallest absolute Gasteiger partial charge is 0.0991 e. The van der Waals surface area contributed by atoms with E-state index < -0.39 is 0 Å². The third kappa shape index (κ3) is 3.15. The number of nitriles is 1. The second kappa shape index (κ2) is 6.11. The van der Waals surface area contributed by atoms with E-state index in [1.807, 2.05) is 24.3 Å². The summed E-state index contributed by atoms with van der Waals surface area (Å²) in [4.78, 5) is 0. The van der Waals surface area contributed by atoms with Gasteiger partial charge in [0, 0.05) is 12.1 Å². The fourth-order valence-electron chi connectivity index (χ4n) is 3.05. The standard InChI is InChI=1S/C19H20N2/c1-14(16-9-7-15(13-20)8-10-16)21-19-11-18(12-19)17-5-3-2-4-6-17/h2-10,14,18-19,21H,11-12H2,1H3. The van der Waals surface area contributed by atoms with Gasteiger partial charge in [0.2, 0.25) is 0 Å². The molecular formula is C19H20N2. The molecular weight excluding hydrogens is 256 g/mol. The molecule has 106 valence electrons. The fraction of sp³-hybridized carbons (Fsp3) is 0.316. The summed E-state index contributed by atoms with van der Waals surface area (Å²) in [5.74, 6) is 0.705. The van der Waals surface area contributed by atoms with Crippen LogP contribution in [-0.4, -0.2) is 6.04 Å². The van der Waals surface area contributed by atoms with Crippen LogP contribution >= 0.6 is 0 Å². The minimum absolute atomic E-state index is 0.333. The van der Waals surface area contributed by atoms with Crippen molar-refractivity contribution in [3.8, 4) is 6.07 Å². The third-order valence-corrected chi connectivity index (χ3v) is 4.43. The monoisotopic (exact) mass is 276 g/mol. The summed E-state index contributed by atoms with van der Waals surface area (Å²) in [6.45, 7) is 2.19. The average Bonchev–Trinajstić information content (AvgIpc) is 2.51. The van der Waals surface area contributed by atoms with Gasteiger partial charge in [0.1, 0.15) is 0 Å². The third-order valence-electron chi connectivity index (χ3n) is 4.43. The van der Waals surface area contributed by atoms with E-state index in [4.69, 9.17) is 5.26 Å². The van der Waals surface area contributed by atoms with E-state index in [2.05, 4.69) is 48.6 Å². The maximum Gasteiger partial charge on any atom is 0.0991 e. The summed E-state index contributed by atoms with van der Waals surface area (Å²) in [6, 6.07) is 21.7. The van der Waals surface area contributed by atoms with Crippen molar-refractivity contribution in [3.05, 3.63) is 71.3 Å². The number of benzene rings is 2. The van der Waals surface area contributed by atoms with Gasteiger partial charge in [-0.1, -0.05) is 42.5 Å². The molecule has 1 atom stereocenters. The largest absolute Gasteiger partial charge is 0.307 e. The van der Waals surface area contributed by atoms with Crippen LogP contribution in [0, 0.1) is 11.3 Å². The van der Waals surface area contributed by atoms with Crippen molar-refractivity contribution in [1.82, 2.24) is 5.32 Å². The predicted molar refractivity (Wildman–Crippen MR) is 84.9 cm³/mol. The highest BCUT2D eigenvalue weighted by atomic mass is 15.0. The van der Waals surface area contributed by atoms with Gasteiger partial charge in [0.05, 0.1) is 11.6 Å². The first-order valence-corrected chi connectivity index (χ1v) is 7.57. The highest BCUT2D eigenvalue weighted by molar-refractivity contribution is 5.33. The Hall–Kier alpha value is -2.11. The average molecular weight is 276 g/mol. The lowest BCUT2D eigenvalue weighted by atomic mass is 9.75. The van der Waals surface area contributed by atoms with E-state index in [9.17, 15) is 0 Å². The van der Waals surface area contributed by atoms with Crippen molar-refractivity contribution in [2.24, 2.45) is 0 Å². The molecule has 2 nitrogen and oxygen atoms in total. The normalized spacial score (nSPS) is 22.1. The highest BCUT2D eigenvalue weighted by Gasteiger charge is 2.30. The molecule has 2 aromatic rings.